The number of fused-ring (bicyclic) bond motifs is 1. The first kappa shape index (κ1) is 9.71. The SMILES string of the molecule is CC(C)c1[c]c2cc([N+](=O)[O-])ccc2[nH]1. The van der Waals surface area contributed by atoms with Crippen molar-refractivity contribution in [1.82, 2.24) is 4.98 Å². The molecule has 0 saturated carbocycles. The van der Waals surface area contributed by atoms with Crippen LogP contribution in [0.25, 0.3) is 10.9 Å². The number of nitro groups is 1. The number of H-pyrrole nitrogens is 1. The van der Waals surface area contributed by atoms with Gasteiger partial charge in [0.1, 0.15) is 0 Å². The highest BCUT2D eigenvalue weighted by atomic mass is 16.6. The minimum Gasteiger partial charge on any atom is -0.358 e. The number of non-ortho nitro benzene ring substituents is 1. The number of nitrogens with one attached hydrogen (secondary N) is 1. The van der Waals surface area contributed by atoms with Crippen molar-refractivity contribution in [2.45, 2.75) is 19.8 Å². The third kappa shape index (κ3) is 1.70. The summed E-state index contributed by atoms with van der Waals surface area (Å²) >= 11 is 0. The average Bonchev–Trinajstić information content (AvgIpc) is 2.59. The van der Waals surface area contributed by atoms with Crippen molar-refractivity contribution in [3.8, 4) is 0 Å². The Bertz CT molecular complexity index is 514. The van der Waals surface area contributed by atoms with Crippen molar-refractivity contribution < 1.29 is 4.92 Å². The van der Waals surface area contributed by atoms with Crippen LogP contribution in [0.15, 0.2) is 18.2 Å². The molecule has 1 heterocycles. The summed E-state index contributed by atoms with van der Waals surface area (Å²) in [4.78, 5) is 13.4. The van der Waals surface area contributed by atoms with Gasteiger partial charge in [-0.05, 0) is 12.0 Å². The molecule has 0 aliphatic rings. The number of aromatic nitrogens is 1. The molecule has 0 bridgehead atoms. The van der Waals surface area contributed by atoms with Crippen molar-refractivity contribution >= 4 is 16.6 Å². The predicted molar refractivity (Wildman–Crippen MR) is 57.9 cm³/mol. The van der Waals surface area contributed by atoms with Crippen molar-refractivity contribution in [2.75, 3.05) is 0 Å². The second-order valence-corrected chi connectivity index (χ2v) is 3.81. The molecule has 4 heteroatoms. The maximum Gasteiger partial charge on any atom is 0.270 e. The van der Waals surface area contributed by atoms with Crippen LogP contribution in [0, 0.1) is 16.2 Å². The fourth-order valence-corrected chi connectivity index (χ4v) is 1.47. The molecule has 77 valence electrons. The third-order valence-corrected chi connectivity index (χ3v) is 2.33. The van der Waals surface area contributed by atoms with E-state index in [0.29, 0.717) is 5.92 Å². The normalized spacial score (nSPS) is 11.1. The number of hydrogen-bond acceptors (Lipinski definition) is 2. The number of nitrogens with zero attached hydrogens (tertiary/aromatic N) is 1. The zero-order valence-electron chi connectivity index (χ0n) is 8.57. The summed E-state index contributed by atoms with van der Waals surface area (Å²) in [5, 5.41) is 11.3. The summed E-state index contributed by atoms with van der Waals surface area (Å²) in [6.45, 7) is 4.10. The lowest BCUT2D eigenvalue weighted by Gasteiger charge is -1.97. The minimum atomic E-state index is -0.394. The number of aromatic amines is 1. The number of rotatable bonds is 2. The quantitative estimate of drug-likeness (QED) is 0.602. The van der Waals surface area contributed by atoms with Gasteiger partial charge in [0.25, 0.3) is 5.69 Å². The van der Waals surface area contributed by atoms with Crippen molar-refractivity contribution in [1.29, 1.82) is 0 Å². The van der Waals surface area contributed by atoms with Crippen LogP contribution in [0.3, 0.4) is 0 Å². The second-order valence-electron chi connectivity index (χ2n) is 3.81. The van der Waals surface area contributed by atoms with Crippen LogP contribution in [-0.2, 0) is 0 Å². The van der Waals surface area contributed by atoms with Gasteiger partial charge < -0.3 is 4.98 Å². The summed E-state index contributed by atoms with van der Waals surface area (Å²) in [5.41, 5.74) is 1.97. The lowest BCUT2D eigenvalue weighted by atomic mass is 10.1. The maximum absolute atomic E-state index is 10.6. The van der Waals surface area contributed by atoms with E-state index in [-0.39, 0.29) is 5.69 Å². The van der Waals surface area contributed by atoms with E-state index in [1.54, 1.807) is 6.07 Å². The van der Waals surface area contributed by atoms with Crippen LogP contribution in [0.4, 0.5) is 5.69 Å². The summed E-state index contributed by atoms with van der Waals surface area (Å²) in [6, 6.07) is 7.88. The molecule has 1 N–H and O–H groups in total. The molecule has 0 atom stereocenters. The molecule has 1 radical (unpaired) electrons. The van der Waals surface area contributed by atoms with Gasteiger partial charge in [-0.3, -0.25) is 10.1 Å². The Kier molecular flexibility index (Phi) is 2.19. The largest absolute Gasteiger partial charge is 0.358 e. The van der Waals surface area contributed by atoms with E-state index in [1.807, 2.05) is 0 Å². The molecule has 0 fully saturated rings. The Balaban J connectivity index is 2.57. The third-order valence-electron chi connectivity index (χ3n) is 2.33. The molecular weight excluding hydrogens is 192 g/mol. The minimum absolute atomic E-state index is 0.105. The van der Waals surface area contributed by atoms with Crippen LogP contribution in [0.1, 0.15) is 25.5 Å². The molecule has 2 aromatic rings. The van der Waals surface area contributed by atoms with Crippen LogP contribution in [0.2, 0.25) is 0 Å². The van der Waals surface area contributed by atoms with Gasteiger partial charge in [0.15, 0.2) is 0 Å². The van der Waals surface area contributed by atoms with Gasteiger partial charge in [0.2, 0.25) is 0 Å². The summed E-state index contributed by atoms with van der Waals surface area (Å²) in [7, 11) is 0. The molecule has 0 spiro atoms. The summed E-state index contributed by atoms with van der Waals surface area (Å²) in [6.07, 6.45) is 0. The van der Waals surface area contributed by atoms with Crippen LogP contribution in [0.5, 0.6) is 0 Å². The molecule has 2 rings (SSSR count). The molecule has 4 nitrogen and oxygen atoms in total. The van der Waals surface area contributed by atoms with E-state index in [1.165, 1.54) is 12.1 Å². The highest BCUT2D eigenvalue weighted by Gasteiger charge is 2.09. The molecule has 0 aliphatic carbocycles. The topological polar surface area (TPSA) is 58.9 Å². The molecule has 1 aromatic heterocycles. The lowest BCUT2D eigenvalue weighted by molar-refractivity contribution is -0.384. The Morgan fingerprint density at radius 2 is 2.20 bits per heavy atom. The zero-order chi connectivity index (χ0) is 11.0. The molecule has 0 aliphatic heterocycles. The van der Waals surface area contributed by atoms with Crippen molar-refractivity contribution in [2.24, 2.45) is 0 Å². The molecule has 0 amide bonds. The van der Waals surface area contributed by atoms with Gasteiger partial charge in [0, 0.05) is 34.8 Å². The Morgan fingerprint density at radius 1 is 1.47 bits per heavy atom. The Hall–Kier alpha value is -1.84. The van der Waals surface area contributed by atoms with Crippen molar-refractivity contribution in [3.63, 3.8) is 0 Å². The van der Waals surface area contributed by atoms with Crippen molar-refractivity contribution in [3.05, 3.63) is 40.1 Å². The highest BCUT2D eigenvalue weighted by Crippen LogP contribution is 2.23. The fourth-order valence-electron chi connectivity index (χ4n) is 1.47. The van der Waals surface area contributed by atoms with Gasteiger partial charge in [-0.15, -0.1) is 0 Å². The first-order valence-electron chi connectivity index (χ1n) is 4.77. The van der Waals surface area contributed by atoms with Crippen LogP contribution in [-0.4, -0.2) is 9.91 Å². The molecule has 0 saturated heterocycles. The van der Waals surface area contributed by atoms with Gasteiger partial charge in [0.05, 0.1) is 4.92 Å². The Labute approximate surface area is 87.1 Å². The monoisotopic (exact) mass is 203 g/mol. The number of hydrogen-bond donors (Lipinski definition) is 1. The standard InChI is InChI=1S/C11H11N2O2/c1-7(2)11-6-8-5-9(13(14)15)3-4-10(8)12-11/h3-5,7,12H,1-2H3. The fraction of sp³-hybridized carbons (Fsp3) is 0.273. The van der Waals surface area contributed by atoms with Gasteiger partial charge >= 0.3 is 0 Å². The first-order chi connectivity index (χ1) is 7.08. The van der Waals surface area contributed by atoms with E-state index in [9.17, 15) is 10.1 Å². The van der Waals surface area contributed by atoms with E-state index in [4.69, 9.17) is 0 Å². The number of benzene rings is 1. The summed E-state index contributed by atoms with van der Waals surface area (Å²) in [5.74, 6) is 0.344. The van der Waals surface area contributed by atoms with Crippen LogP contribution < -0.4 is 0 Å². The predicted octanol–water partition coefficient (Wildman–Crippen LogP) is 3.00. The molecular formula is C11H11N2O2. The van der Waals surface area contributed by atoms with E-state index < -0.39 is 4.92 Å². The zero-order valence-corrected chi connectivity index (χ0v) is 8.57. The average molecular weight is 203 g/mol. The Morgan fingerprint density at radius 3 is 2.80 bits per heavy atom. The van der Waals surface area contributed by atoms with E-state index in [2.05, 4.69) is 24.9 Å². The maximum atomic E-state index is 10.6. The van der Waals surface area contributed by atoms with Crippen LogP contribution >= 0.6 is 0 Å². The highest BCUT2D eigenvalue weighted by molar-refractivity contribution is 5.82. The summed E-state index contributed by atoms with van der Waals surface area (Å²) < 4.78 is 0. The lowest BCUT2D eigenvalue weighted by Crippen LogP contribution is -1.86. The number of nitro benzene ring substituents is 1. The molecule has 15 heavy (non-hydrogen) atoms. The van der Waals surface area contributed by atoms with Gasteiger partial charge in [-0.25, -0.2) is 0 Å². The smallest absolute Gasteiger partial charge is 0.270 e. The molecule has 0 unspecified atom stereocenters. The van der Waals surface area contributed by atoms with E-state index >= 15 is 0 Å². The first-order valence-corrected chi connectivity index (χ1v) is 4.77. The second kappa shape index (κ2) is 3.38. The van der Waals surface area contributed by atoms with Gasteiger partial charge in [-0.2, -0.15) is 0 Å². The van der Waals surface area contributed by atoms with Gasteiger partial charge in [-0.1, -0.05) is 13.8 Å². The van der Waals surface area contributed by atoms with E-state index in [0.717, 1.165) is 16.6 Å². The molecule has 1 aromatic carbocycles.